The van der Waals surface area contributed by atoms with Crippen molar-refractivity contribution in [2.24, 2.45) is 0 Å². The minimum absolute atomic E-state index is 0.259. The van der Waals surface area contributed by atoms with Crippen LogP contribution in [0.4, 0.5) is 14.5 Å². The van der Waals surface area contributed by atoms with Crippen LogP contribution in [0.5, 0.6) is 0 Å². The predicted molar refractivity (Wildman–Crippen MR) is 141 cm³/mol. The van der Waals surface area contributed by atoms with E-state index in [1.807, 2.05) is 60.0 Å². The molecule has 6 rings (SSSR count). The Balaban J connectivity index is 1.36. The molecular formula is C30H22F2N4O. The van der Waals surface area contributed by atoms with E-state index in [1.165, 1.54) is 24.3 Å². The first kappa shape index (κ1) is 22.7. The molecule has 3 aromatic carbocycles. The number of pyridine rings is 1. The second-order valence-corrected chi connectivity index (χ2v) is 8.96. The number of anilines is 1. The van der Waals surface area contributed by atoms with Gasteiger partial charge in [-0.1, -0.05) is 42.5 Å². The van der Waals surface area contributed by atoms with Gasteiger partial charge in [-0.3, -0.25) is 9.20 Å². The summed E-state index contributed by atoms with van der Waals surface area (Å²) in [5.41, 5.74) is 5.93. The van der Waals surface area contributed by atoms with Crippen LogP contribution < -0.4 is 5.32 Å². The molecule has 182 valence electrons. The van der Waals surface area contributed by atoms with Gasteiger partial charge in [0.25, 0.3) is 5.91 Å². The normalized spacial score (nSPS) is 11.3. The summed E-state index contributed by atoms with van der Waals surface area (Å²) >= 11 is 0. The number of hydrogen-bond donors (Lipinski definition) is 1. The Labute approximate surface area is 211 Å². The smallest absolute Gasteiger partial charge is 0.272 e. The highest BCUT2D eigenvalue weighted by molar-refractivity contribution is 6.06. The SMILES string of the molecule is Cc1nc2cc(NC(=O)c3cc4cc(F)ccc4n3Cc3cccc(F)c3)ccn2c1-c1ccccc1. The van der Waals surface area contributed by atoms with Crippen LogP contribution >= 0.6 is 0 Å². The second-order valence-electron chi connectivity index (χ2n) is 8.96. The monoisotopic (exact) mass is 492 g/mol. The highest BCUT2D eigenvalue weighted by atomic mass is 19.1. The molecule has 0 saturated carbocycles. The van der Waals surface area contributed by atoms with Gasteiger partial charge in [-0.25, -0.2) is 13.8 Å². The van der Waals surface area contributed by atoms with Crippen molar-refractivity contribution < 1.29 is 13.6 Å². The largest absolute Gasteiger partial charge is 0.332 e. The number of aromatic nitrogens is 3. The molecule has 0 unspecified atom stereocenters. The van der Waals surface area contributed by atoms with E-state index in [-0.39, 0.29) is 18.3 Å². The molecule has 37 heavy (non-hydrogen) atoms. The molecule has 0 spiro atoms. The zero-order chi connectivity index (χ0) is 25.5. The fourth-order valence-electron chi connectivity index (χ4n) is 4.80. The van der Waals surface area contributed by atoms with Crippen LogP contribution in [0.2, 0.25) is 0 Å². The number of nitrogens with one attached hydrogen (secondary N) is 1. The van der Waals surface area contributed by atoms with Gasteiger partial charge in [-0.2, -0.15) is 0 Å². The maximum Gasteiger partial charge on any atom is 0.272 e. The highest BCUT2D eigenvalue weighted by Crippen LogP contribution is 2.27. The number of amides is 1. The first-order chi connectivity index (χ1) is 18.0. The number of benzene rings is 3. The Morgan fingerprint density at radius 1 is 0.892 bits per heavy atom. The first-order valence-corrected chi connectivity index (χ1v) is 11.8. The predicted octanol–water partition coefficient (Wildman–Crippen LogP) is 6.84. The molecule has 5 nitrogen and oxygen atoms in total. The Morgan fingerprint density at radius 3 is 2.51 bits per heavy atom. The van der Waals surface area contributed by atoms with Crippen LogP contribution in [0.25, 0.3) is 27.8 Å². The fourth-order valence-corrected chi connectivity index (χ4v) is 4.80. The summed E-state index contributed by atoms with van der Waals surface area (Å²) in [7, 11) is 0. The molecule has 1 amide bonds. The lowest BCUT2D eigenvalue weighted by molar-refractivity contribution is 0.101. The number of imidazole rings is 1. The van der Waals surface area contributed by atoms with Gasteiger partial charge < -0.3 is 9.88 Å². The lowest BCUT2D eigenvalue weighted by Crippen LogP contribution is -2.17. The number of rotatable bonds is 5. The summed E-state index contributed by atoms with van der Waals surface area (Å²) in [6.45, 7) is 2.21. The number of carbonyl (C=O) groups is 1. The number of halogens is 2. The van der Waals surface area contributed by atoms with Gasteiger partial charge in [0.15, 0.2) is 0 Å². The molecule has 0 bridgehead atoms. The van der Waals surface area contributed by atoms with Gasteiger partial charge in [0, 0.05) is 41.0 Å². The van der Waals surface area contributed by atoms with E-state index >= 15 is 0 Å². The van der Waals surface area contributed by atoms with Gasteiger partial charge in [0.1, 0.15) is 23.0 Å². The Morgan fingerprint density at radius 2 is 1.70 bits per heavy atom. The van der Waals surface area contributed by atoms with Crippen molar-refractivity contribution in [3.05, 3.63) is 126 Å². The standard InChI is InChI=1S/C30H22F2N4O/c1-19-29(21-7-3-2-4-8-21)35-13-12-25(17-28(35)33-19)34-30(37)27-16-22-15-24(32)10-11-26(22)36(27)18-20-6-5-9-23(31)14-20/h2-17H,18H2,1H3,(H,34,37). The highest BCUT2D eigenvalue weighted by Gasteiger charge is 2.18. The van der Waals surface area contributed by atoms with E-state index in [0.717, 1.165) is 17.0 Å². The third-order valence-electron chi connectivity index (χ3n) is 6.43. The maximum absolute atomic E-state index is 13.9. The number of carbonyl (C=O) groups excluding carboxylic acids is 1. The molecule has 1 N–H and O–H groups in total. The van der Waals surface area contributed by atoms with Crippen LogP contribution in [0, 0.1) is 18.6 Å². The third kappa shape index (κ3) is 4.25. The summed E-state index contributed by atoms with van der Waals surface area (Å²) < 4.78 is 31.5. The minimum Gasteiger partial charge on any atom is -0.332 e. The first-order valence-electron chi connectivity index (χ1n) is 11.8. The van der Waals surface area contributed by atoms with E-state index in [4.69, 9.17) is 0 Å². The molecule has 0 saturated heterocycles. The Hall–Kier alpha value is -4.78. The lowest BCUT2D eigenvalue weighted by Gasteiger charge is -2.12. The summed E-state index contributed by atoms with van der Waals surface area (Å²) in [6, 6.07) is 25.9. The van der Waals surface area contributed by atoms with Crippen LogP contribution in [-0.2, 0) is 6.54 Å². The maximum atomic E-state index is 13.9. The van der Waals surface area contributed by atoms with E-state index in [1.54, 1.807) is 28.8 Å². The lowest BCUT2D eigenvalue weighted by atomic mass is 10.1. The van der Waals surface area contributed by atoms with Crippen LogP contribution in [0.1, 0.15) is 21.7 Å². The average molecular weight is 493 g/mol. The van der Waals surface area contributed by atoms with E-state index in [2.05, 4.69) is 10.3 Å². The van der Waals surface area contributed by atoms with Crippen LogP contribution in [-0.4, -0.2) is 19.9 Å². The molecule has 0 atom stereocenters. The third-order valence-corrected chi connectivity index (χ3v) is 6.43. The van der Waals surface area contributed by atoms with Gasteiger partial charge in [0.2, 0.25) is 0 Å². The van der Waals surface area contributed by atoms with Crippen molar-refractivity contribution in [1.29, 1.82) is 0 Å². The quantitative estimate of drug-likeness (QED) is 0.286. The zero-order valence-corrected chi connectivity index (χ0v) is 20.0. The minimum atomic E-state index is -0.392. The topological polar surface area (TPSA) is 51.3 Å². The van der Waals surface area contributed by atoms with Crippen molar-refractivity contribution >= 4 is 28.1 Å². The zero-order valence-electron chi connectivity index (χ0n) is 20.0. The molecule has 0 aliphatic heterocycles. The van der Waals surface area contributed by atoms with Crippen molar-refractivity contribution in [1.82, 2.24) is 14.0 Å². The summed E-state index contributed by atoms with van der Waals surface area (Å²) in [5, 5.41) is 3.54. The molecule has 0 radical (unpaired) electrons. The summed E-state index contributed by atoms with van der Waals surface area (Å²) in [6.07, 6.45) is 1.88. The molecule has 0 fully saturated rings. The summed E-state index contributed by atoms with van der Waals surface area (Å²) in [4.78, 5) is 18.1. The van der Waals surface area contributed by atoms with E-state index in [9.17, 15) is 13.6 Å². The van der Waals surface area contributed by atoms with Crippen molar-refractivity contribution in [2.75, 3.05) is 5.32 Å². The molecule has 0 aliphatic rings. The summed E-state index contributed by atoms with van der Waals surface area (Å²) in [5.74, 6) is -1.11. The number of fused-ring (bicyclic) bond motifs is 2. The van der Waals surface area contributed by atoms with Crippen molar-refractivity contribution in [3.63, 3.8) is 0 Å². The van der Waals surface area contributed by atoms with Crippen LogP contribution in [0.3, 0.4) is 0 Å². The van der Waals surface area contributed by atoms with Crippen molar-refractivity contribution in [3.8, 4) is 11.3 Å². The van der Waals surface area contributed by atoms with Crippen molar-refractivity contribution in [2.45, 2.75) is 13.5 Å². The molecule has 3 heterocycles. The van der Waals surface area contributed by atoms with E-state index < -0.39 is 5.82 Å². The number of hydrogen-bond acceptors (Lipinski definition) is 2. The average Bonchev–Trinajstić information content (AvgIpc) is 3.40. The fraction of sp³-hybridized carbons (Fsp3) is 0.0667. The van der Waals surface area contributed by atoms with Gasteiger partial charge in [-0.05, 0) is 55.0 Å². The Bertz CT molecular complexity index is 1790. The molecule has 7 heteroatoms. The van der Waals surface area contributed by atoms with E-state index in [0.29, 0.717) is 33.5 Å². The van der Waals surface area contributed by atoms with Gasteiger partial charge >= 0.3 is 0 Å². The Kier molecular flexibility index (Phi) is 5.53. The molecule has 6 aromatic rings. The second kappa shape index (κ2) is 9.02. The number of nitrogens with zero attached hydrogens (tertiary/aromatic N) is 3. The van der Waals surface area contributed by atoms with Crippen LogP contribution in [0.15, 0.2) is 97.2 Å². The molecule has 3 aromatic heterocycles. The molecular weight excluding hydrogens is 470 g/mol. The van der Waals surface area contributed by atoms with Gasteiger partial charge in [-0.15, -0.1) is 0 Å². The number of aryl methyl sites for hydroxylation is 1. The molecule has 0 aliphatic carbocycles. The van der Waals surface area contributed by atoms with Gasteiger partial charge in [0.05, 0.1) is 11.4 Å².